The highest BCUT2D eigenvalue weighted by molar-refractivity contribution is 7.90. The van der Waals surface area contributed by atoms with E-state index in [1.54, 1.807) is 20.4 Å². The molecule has 1 aliphatic carbocycles. The van der Waals surface area contributed by atoms with Crippen LogP contribution in [0.1, 0.15) is 63.3 Å². The van der Waals surface area contributed by atoms with E-state index in [9.17, 15) is 4.55 Å². The molecule has 224 valence electrons. The normalized spacial score (nSPS) is 20.0. The Hall–Kier alpha value is -2.85. The molecule has 0 bridgehead atoms. The summed E-state index contributed by atoms with van der Waals surface area (Å²) in [5, 5.41) is 3.33. The Balaban J connectivity index is 1.87. The highest BCUT2D eigenvalue weighted by atomic mass is 32.2. The molecular formula is C32H46N4O4S. The smallest absolute Gasteiger partial charge is 0.213 e. The van der Waals surface area contributed by atoms with Crippen molar-refractivity contribution >= 4 is 24.0 Å². The van der Waals surface area contributed by atoms with Crippen LogP contribution in [0.2, 0.25) is 0 Å². The van der Waals surface area contributed by atoms with Crippen LogP contribution in [-0.2, 0) is 29.1 Å². The van der Waals surface area contributed by atoms with E-state index in [-0.39, 0.29) is 16.2 Å². The summed E-state index contributed by atoms with van der Waals surface area (Å²) < 4.78 is 33.5. The first-order valence-electron chi connectivity index (χ1n) is 14.0. The lowest BCUT2D eigenvalue weighted by molar-refractivity contribution is 0.195. The van der Waals surface area contributed by atoms with Crippen molar-refractivity contribution in [2.45, 2.75) is 64.4 Å². The van der Waals surface area contributed by atoms with Crippen LogP contribution in [0.4, 0.5) is 0 Å². The Kier molecular flexibility index (Phi) is 11.8. The number of hydrogen-bond donors (Lipinski definition) is 2. The first kappa shape index (κ1) is 32.7. The Morgan fingerprint density at radius 3 is 2.54 bits per heavy atom. The highest BCUT2D eigenvalue weighted by Gasteiger charge is 2.48. The van der Waals surface area contributed by atoms with Gasteiger partial charge in [-0.15, -0.1) is 4.72 Å². The second kappa shape index (κ2) is 14.9. The molecule has 0 saturated heterocycles. The molecule has 0 aromatic heterocycles. The largest absolute Gasteiger partial charge is 0.598 e. The van der Waals surface area contributed by atoms with E-state index in [0.29, 0.717) is 30.5 Å². The Morgan fingerprint density at radius 1 is 1.15 bits per heavy atom. The number of fused-ring (bicyclic) bond motifs is 1. The highest BCUT2D eigenvalue weighted by Crippen LogP contribution is 2.51. The van der Waals surface area contributed by atoms with Gasteiger partial charge in [0.05, 0.1) is 20.3 Å². The summed E-state index contributed by atoms with van der Waals surface area (Å²) in [5.41, 5.74) is 4.08. The number of aliphatic imine (C=N–C) groups is 2. The lowest BCUT2D eigenvalue weighted by atomic mass is 9.75. The number of methoxy groups -OCH3 is 2. The molecule has 0 radical (unpaired) electrons. The topological polar surface area (TPSA) is 99.5 Å². The summed E-state index contributed by atoms with van der Waals surface area (Å²) in [6.07, 6.45) is 4.26. The van der Waals surface area contributed by atoms with Gasteiger partial charge in [0.2, 0.25) is 5.90 Å². The van der Waals surface area contributed by atoms with Gasteiger partial charge >= 0.3 is 0 Å². The monoisotopic (exact) mass is 582 g/mol. The van der Waals surface area contributed by atoms with Gasteiger partial charge < -0.3 is 24.1 Å². The number of hydrogen-bond acceptors (Lipinski definition) is 8. The molecule has 0 fully saturated rings. The average molecular weight is 583 g/mol. The van der Waals surface area contributed by atoms with E-state index >= 15 is 0 Å². The SMILES string of the molecule is C=N/C=C(C)\C(=N/CCC1(CCNC)Cc2ccccc2C1N[S+]([O-])C(C)(C)C)OCc1ccc(OC)c(OC)c1. The molecule has 0 aliphatic heterocycles. The van der Waals surface area contributed by atoms with Gasteiger partial charge in [0.15, 0.2) is 11.5 Å². The van der Waals surface area contributed by atoms with Gasteiger partial charge in [0.25, 0.3) is 0 Å². The first-order valence-corrected chi connectivity index (χ1v) is 15.1. The second-order valence-electron chi connectivity index (χ2n) is 11.4. The molecule has 0 saturated carbocycles. The van der Waals surface area contributed by atoms with Gasteiger partial charge in [0, 0.05) is 35.1 Å². The lowest BCUT2D eigenvalue weighted by Gasteiger charge is -2.38. The minimum Gasteiger partial charge on any atom is -0.598 e. The average Bonchev–Trinajstić information content (AvgIpc) is 3.26. The maximum atomic E-state index is 13.3. The van der Waals surface area contributed by atoms with Gasteiger partial charge in [-0.2, -0.15) is 0 Å². The third-order valence-corrected chi connectivity index (χ3v) is 9.05. The number of nitrogens with zero attached hydrogens (tertiary/aromatic N) is 2. The Bertz CT molecular complexity index is 1230. The van der Waals surface area contributed by atoms with Crippen LogP contribution in [0.3, 0.4) is 0 Å². The van der Waals surface area contributed by atoms with Crippen molar-refractivity contribution in [3.63, 3.8) is 0 Å². The third kappa shape index (κ3) is 8.35. The summed E-state index contributed by atoms with van der Waals surface area (Å²) in [6, 6.07) is 14.2. The lowest BCUT2D eigenvalue weighted by Crippen LogP contribution is -2.46. The molecule has 0 amide bonds. The molecular weight excluding hydrogens is 536 g/mol. The quantitative estimate of drug-likeness (QED) is 0.172. The van der Waals surface area contributed by atoms with Crippen LogP contribution in [0.5, 0.6) is 11.5 Å². The zero-order valence-corrected chi connectivity index (χ0v) is 26.4. The van der Waals surface area contributed by atoms with Crippen LogP contribution in [0.15, 0.2) is 64.2 Å². The van der Waals surface area contributed by atoms with Crippen LogP contribution in [0, 0.1) is 5.41 Å². The Labute approximate surface area is 249 Å². The van der Waals surface area contributed by atoms with E-state index < -0.39 is 11.4 Å². The molecule has 3 unspecified atom stereocenters. The molecule has 8 nitrogen and oxygen atoms in total. The van der Waals surface area contributed by atoms with Gasteiger partial charge in [-0.25, -0.2) is 0 Å². The fourth-order valence-electron chi connectivity index (χ4n) is 5.20. The zero-order valence-electron chi connectivity index (χ0n) is 25.6. The summed E-state index contributed by atoms with van der Waals surface area (Å²) in [5.74, 6) is 1.83. The molecule has 2 N–H and O–H groups in total. The summed E-state index contributed by atoms with van der Waals surface area (Å²) >= 11 is -1.22. The molecule has 0 spiro atoms. The third-order valence-electron chi connectivity index (χ3n) is 7.49. The van der Waals surface area contributed by atoms with Gasteiger partial charge in [-0.05, 0) is 96.1 Å². The summed E-state index contributed by atoms with van der Waals surface area (Å²) in [7, 11) is 5.20. The van der Waals surface area contributed by atoms with E-state index in [0.717, 1.165) is 36.9 Å². The van der Waals surface area contributed by atoms with Crippen LogP contribution < -0.4 is 19.5 Å². The predicted octanol–water partition coefficient (Wildman–Crippen LogP) is 5.56. The number of nitrogens with one attached hydrogen (secondary N) is 2. The zero-order chi connectivity index (χ0) is 30.0. The molecule has 0 heterocycles. The van der Waals surface area contributed by atoms with Crippen LogP contribution in [0.25, 0.3) is 0 Å². The first-order chi connectivity index (χ1) is 19.6. The predicted molar refractivity (Wildman–Crippen MR) is 169 cm³/mol. The van der Waals surface area contributed by atoms with Gasteiger partial charge in [0.1, 0.15) is 11.4 Å². The van der Waals surface area contributed by atoms with Crippen molar-refractivity contribution in [2.75, 3.05) is 34.4 Å². The second-order valence-corrected chi connectivity index (χ2v) is 13.4. The van der Waals surface area contributed by atoms with Crippen molar-refractivity contribution in [1.82, 2.24) is 10.0 Å². The maximum absolute atomic E-state index is 13.3. The van der Waals surface area contributed by atoms with E-state index in [4.69, 9.17) is 19.2 Å². The van der Waals surface area contributed by atoms with Crippen LogP contribution in [-0.4, -0.2) is 56.3 Å². The van der Waals surface area contributed by atoms with E-state index in [1.165, 1.54) is 11.1 Å². The molecule has 3 rings (SSSR count). The molecule has 2 aromatic rings. The van der Waals surface area contributed by atoms with E-state index in [2.05, 4.69) is 46.0 Å². The van der Waals surface area contributed by atoms with Crippen molar-refractivity contribution < 1.29 is 18.8 Å². The molecule has 3 atom stereocenters. The molecule has 41 heavy (non-hydrogen) atoms. The van der Waals surface area contributed by atoms with Crippen molar-refractivity contribution in [3.05, 3.63) is 70.9 Å². The summed E-state index contributed by atoms with van der Waals surface area (Å²) in [6.45, 7) is 13.2. The fourth-order valence-corrected chi connectivity index (χ4v) is 6.15. The number of benzene rings is 2. The number of ether oxygens (including phenoxy) is 3. The van der Waals surface area contributed by atoms with Crippen molar-refractivity contribution in [2.24, 2.45) is 15.4 Å². The molecule has 9 heteroatoms. The van der Waals surface area contributed by atoms with E-state index in [1.807, 2.05) is 52.9 Å². The number of rotatable bonds is 14. The van der Waals surface area contributed by atoms with Crippen LogP contribution >= 0.6 is 0 Å². The standard InChI is InChI=1S/C32H46N4O4S/c1-23(21-34-6)30(40-22-24-13-14-27(38-7)28(19-24)39-8)35-18-16-32(15-17-33-5)20-25-11-9-10-12-26(25)29(32)36-41(37)31(2,3)4/h9-14,19,21,29,33,36H,6,15-18,20,22H2,1-5,7-8H3/b23-21-,35-30+. The van der Waals surface area contributed by atoms with Crippen molar-refractivity contribution in [1.29, 1.82) is 0 Å². The minimum absolute atomic E-state index is 0.0510. The van der Waals surface area contributed by atoms with Gasteiger partial charge in [-0.3, -0.25) is 9.98 Å². The van der Waals surface area contributed by atoms with Crippen molar-refractivity contribution in [3.8, 4) is 11.5 Å². The molecule has 2 aromatic carbocycles. The van der Waals surface area contributed by atoms with Gasteiger partial charge in [-0.1, -0.05) is 30.3 Å². The summed E-state index contributed by atoms with van der Waals surface area (Å²) in [4.78, 5) is 8.87. The minimum atomic E-state index is -1.22. The molecule has 1 aliphatic rings. The Morgan fingerprint density at radius 2 is 1.88 bits per heavy atom. The maximum Gasteiger partial charge on any atom is 0.213 e. The fraction of sp³-hybridized carbons (Fsp3) is 0.500.